The number of aromatic nitrogens is 2. The fraction of sp³-hybridized carbons (Fsp3) is 0.241. The molecule has 0 saturated heterocycles. The van der Waals surface area contributed by atoms with E-state index in [9.17, 15) is 4.79 Å². The van der Waals surface area contributed by atoms with Crippen molar-refractivity contribution in [2.24, 2.45) is 0 Å². The second-order valence-electron chi connectivity index (χ2n) is 8.51. The Morgan fingerprint density at radius 1 is 0.909 bits per heavy atom. The minimum Gasteiger partial charge on any atom is -0.331 e. The highest BCUT2D eigenvalue weighted by atomic mass is 16.2. The van der Waals surface area contributed by atoms with E-state index < -0.39 is 0 Å². The number of hydrogen-bond acceptors (Lipinski definition) is 2. The number of para-hydroxylation sites is 1. The lowest BCUT2D eigenvalue weighted by molar-refractivity contribution is 0.0655. The molecule has 0 radical (unpaired) electrons. The molecule has 0 aliphatic carbocycles. The molecule has 33 heavy (non-hydrogen) atoms. The van der Waals surface area contributed by atoms with Crippen molar-refractivity contribution < 1.29 is 4.79 Å². The molecule has 1 atom stereocenters. The van der Waals surface area contributed by atoms with Gasteiger partial charge in [0, 0.05) is 12.1 Å². The molecule has 5 rings (SSSR count). The summed E-state index contributed by atoms with van der Waals surface area (Å²) in [6.07, 6.45) is 2.49. The first-order valence-electron chi connectivity index (χ1n) is 11.8. The lowest BCUT2D eigenvalue weighted by atomic mass is 9.90. The van der Waals surface area contributed by atoms with Gasteiger partial charge in [0.15, 0.2) is 0 Å². The molecular formula is C29H29N3O. The van der Waals surface area contributed by atoms with Crippen LogP contribution in [-0.4, -0.2) is 27.1 Å². The van der Waals surface area contributed by atoms with Crippen molar-refractivity contribution in [3.05, 3.63) is 107 Å². The van der Waals surface area contributed by atoms with Crippen molar-refractivity contribution in [2.45, 2.75) is 39.2 Å². The zero-order chi connectivity index (χ0) is 22.8. The van der Waals surface area contributed by atoms with Crippen LogP contribution >= 0.6 is 0 Å². The molecule has 0 N–H and O–H groups in total. The van der Waals surface area contributed by atoms with Crippen LogP contribution in [0.1, 0.15) is 53.5 Å². The number of hydrogen-bond donors (Lipinski definition) is 0. The Kier molecular flexibility index (Phi) is 5.82. The maximum absolute atomic E-state index is 14.3. The topological polar surface area (TPSA) is 38.1 Å². The molecule has 1 amide bonds. The Morgan fingerprint density at radius 3 is 2.27 bits per heavy atom. The van der Waals surface area contributed by atoms with Gasteiger partial charge in [-0.3, -0.25) is 4.79 Å². The van der Waals surface area contributed by atoms with Gasteiger partial charge in [-0.15, -0.1) is 0 Å². The van der Waals surface area contributed by atoms with E-state index in [1.54, 1.807) is 0 Å². The first kappa shape index (κ1) is 21.2. The Morgan fingerprint density at radius 2 is 1.58 bits per heavy atom. The van der Waals surface area contributed by atoms with Gasteiger partial charge < -0.3 is 4.90 Å². The first-order chi connectivity index (χ1) is 16.2. The van der Waals surface area contributed by atoms with E-state index in [1.165, 1.54) is 11.1 Å². The van der Waals surface area contributed by atoms with Crippen LogP contribution in [0.3, 0.4) is 0 Å². The first-order valence-corrected chi connectivity index (χ1v) is 11.8. The van der Waals surface area contributed by atoms with E-state index in [-0.39, 0.29) is 11.9 Å². The summed E-state index contributed by atoms with van der Waals surface area (Å²) in [4.78, 5) is 16.3. The summed E-state index contributed by atoms with van der Waals surface area (Å²) >= 11 is 0. The molecule has 3 aromatic carbocycles. The van der Waals surface area contributed by atoms with Crippen molar-refractivity contribution in [3.63, 3.8) is 0 Å². The van der Waals surface area contributed by atoms with Gasteiger partial charge in [0.05, 0.1) is 23.0 Å². The molecule has 2 heterocycles. The summed E-state index contributed by atoms with van der Waals surface area (Å²) in [7, 11) is 0. The minimum absolute atomic E-state index is 0.0780. The third kappa shape index (κ3) is 3.76. The Bertz CT molecular complexity index is 1260. The minimum atomic E-state index is 0.0780. The number of carbonyl (C=O) groups is 1. The second-order valence-corrected chi connectivity index (χ2v) is 8.51. The third-order valence-electron chi connectivity index (χ3n) is 6.64. The average Bonchev–Trinajstić information content (AvgIpc) is 3.28. The lowest BCUT2D eigenvalue weighted by Gasteiger charge is -2.37. The molecule has 1 aliphatic rings. The van der Waals surface area contributed by atoms with Gasteiger partial charge in [-0.2, -0.15) is 5.10 Å². The maximum atomic E-state index is 14.3. The molecule has 4 nitrogen and oxygen atoms in total. The van der Waals surface area contributed by atoms with Crippen molar-refractivity contribution in [1.82, 2.24) is 14.7 Å². The Labute approximate surface area is 195 Å². The highest BCUT2D eigenvalue weighted by Crippen LogP contribution is 2.36. The zero-order valence-corrected chi connectivity index (χ0v) is 19.2. The number of carbonyl (C=O) groups excluding carboxylic acids is 1. The maximum Gasteiger partial charge on any atom is 0.258 e. The Balaban J connectivity index is 1.67. The van der Waals surface area contributed by atoms with Gasteiger partial charge in [0.25, 0.3) is 5.91 Å². The van der Waals surface area contributed by atoms with Crippen molar-refractivity contribution in [3.8, 4) is 16.9 Å². The van der Waals surface area contributed by atoms with Crippen LogP contribution < -0.4 is 0 Å². The molecule has 0 fully saturated rings. The SMILES string of the molecule is CCc1c(C(=O)N2CCc3ccccc3C2CC)c(-c2ccccc2)nn1-c1ccccc1. The van der Waals surface area contributed by atoms with E-state index in [1.807, 2.05) is 65.3 Å². The molecule has 166 valence electrons. The monoisotopic (exact) mass is 435 g/mol. The predicted octanol–water partition coefficient (Wildman–Crippen LogP) is 6.25. The van der Waals surface area contributed by atoms with E-state index in [2.05, 4.69) is 43.0 Å². The highest BCUT2D eigenvalue weighted by molar-refractivity contribution is 6.01. The van der Waals surface area contributed by atoms with E-state index in [0.717, 1.165) is 54.0 Å². The van der Waals surface area contributed by atoms with E-state index in [4.69, 9.17) is 5.10 Å². The molecule has 0 saturated carbocycles. The van der Waals surface area contributed by atoms with Crippen molar-refractivity contribution >= 4 is 5.91 Å². The molecule has 0 spiro atoms. The summed E-state index contributed by atoms with van der Waals surface area (Å²) in [5.74, 6) is 0.0780. The molecule has 1 aromatic heterocycles. The van der Waals surface area contributed by atoms with Gasteiger partial charge in [0.2, 0.25) is 0 Å². The molecular weight excluding hydrogens is 406 g/mol. The van der Waals surface area contributed by atoms with Gasteiger partial charge >= 0.3 is 0 Å². The number of benzene rings is 3. The second kappa shape index (κ2) is 9.07. The quantitative estimate of drug-likeness (QED) is 0.371. The average molecular weight is 436 g/mol. The van der Waals surface area contributed by atoms with Gasteiger partial charge in [-0.1, -0.05) is 86.6 Å². The van der Waals surface area contributed by atoms with Crippen LogP contribution in [0, 0.1) is 0 Å². The number of fused-ring (bicyclic) bond motifs is 1. The number of amides is 1. The number of rotatable bonds is 5. The molecule has 4 aromatic rings. The fourth-order valence-electron chi connectivity index (χ4n) is 5.06. The number of nitrogens with zero attached hydrogens (tertiary/aromatic N) is 3. The standard InChI is InChI=1S/C29H29N3O/c1-3-25-24-18-12-11-13-21(24)19-20-31(25)29(33)27-26(4-2)32(23-16-9-6-10-17-23)30-28(27)22-14-7-5-8-15-22/h5-18,25H,3-4,19-20H2,1-2H3. The van der Waals surface area contributed by atoms with Crippen LogP contribution in [0.15, 0.2) is 84.9 Å². The predicted molar refractivity (Wildman–Crippen MR) is 133 cm³/mol. The third-order valence-corrected chi connectivity index (χ3v) is 6.64. The molecule has 4 heteroatoms. The zero-order valence-electron chi connectivity index (χ0n) is 19.2. The largest absolute Gasteiger partial charge is 0.331 e. The van der Waals surface area contributed by atoms with Crippen molar-refractivity contribution in [1.29, 1.82) is 0 Å². The highest BCUT2D eigenvalue weighted by Gasteiger charge is 2.34. The van der Waals surface area contributed by atoms with Crippen molar-refractivity contribution in [2.75, 3.05) is 6.54 Å². The van der Waals surface area contributed by atoms with Crippen LogP contribution in [0.5, 0.6) is 0 Å². The van der Waals surface area contributed by atoms with Crippen LogP contribution in [0.25, 0.3) is 16.9 Å². The summed E-state index contributed by atoms with van der Waals surface area (Å²) in [6, 6.07) is 28.8. The molecule has 0 bridgehead atoms. The summed E-state index contributed by atoms with van der Waals surface area (Å²) in [5, 5.41) is 5.00. The Hall–Kier alpha value is -3.66. The molecule has 1 unspecified atom stereocenters. The van der Waals surface area contributed by atoms with Crippen LogP contribution in [-0.2, 0) is 12.8 Å². The van der Waals surface area contributed by atoms with E-state index in [0.29, 0.717) is 0 Å². The fourth-order valence-corrected chi connectivity index (χ4v) is 5.06. The summed E-state index contributed by atoms with van der Waals surface area (Å²) in [6.45, 7) is 4.99. The van der Waals surface area contributed by atoms with Gasteiger partial charge in [-0.25, -0.2) is 4.68 Å². The van der Waals surface area contributed by atoms with Gasteiger partial charge in [0.1, 0.15) is 5.69 Å². The molecule has 1 aliphatic heterocycles. The lowest BCUT2D eigenvalue weighted by Crippen LogP contribution is -2.40. The normalized spacial score (nSPS) is 15.3. The summed E-state index contributed by atoms with van der Waals surface area (Å²) in [5.41, 5.74) is 7.01. The van der Waals surface area contributed by atoms with E-state index >= 15 is 0 Å². The van der Waals surface area contributed by atoms with Crippen LogP contribution in [0.4, 0.5) is 0 Å². The smallest absolute Gasteiger partial charge is 0.258 e. The van der Waals surface area contributed by atoms with Gasteiger partial charge in [-0.05, 0) is 42.5 Å². The van der Waals surface area contributed by atoms with Crippen LogP contribution in [0.2, 0.25) is 0 Å². The summed E-state index contributed by atoms with van der Waals surface area (Å²) < 4.78 is 1.95.